The molecule has 2 rings (SSSR count). The van der Waals surface area contributed by atoms with Crippen molar-refractivity contribution in [1.82, 2.24) is 4.72 Å². The first-order chi connectivity index (χ1) is 8.84. The van der Waals surface area contributed by atoms with Crippen LogP contribution in [0.25, 0.3) is 0 Å². The zero-order valence-electron chi connectivity index (χ0n) is 10.6. The van der Waals surface area contributed by atoms with Crippen molar-refractivity contribution in [3.05, 3.63) is 24.0 Å². The van der Waals surface area contributed by atoms with Gasteiger partial charge in [-0.1, -0.05) is 6.07 Å². The van der Waals surface area contributed by atoms with Gasteiger partial charge in [0.2, 0.25) is 10.0 Å². The van der Waals surface area contributed by atoms with Crippen LogP contribution >= 0.6 is 11.8 Å². The second-order valence-electron chi connectivity index (χ2n) is 4.88. The predicted octanol–water partition coefficient (Wildman–Crippen LogP) is 1.97. The van der Waals surface area contributed by atoms with Crippen molar-refractivity contribution < 1.29 is 12.8 Å². The molecule has 1 unspecified atom stereocenters. The zero-order valence-corrected chi connectivity index (χ0v) is 12.3. The summed E-state index contributed by atoms with van der Waals surface area (Å²) in [7, 11) is -3.77. The number of sulfonamides is 1. The van der Waals surface area contributed by atoms with E-state index in [-0.39, 0.29) is 15.3 Å². The monoisotopic (exact) mass is 304 g/mol. The molecule has 4 nitrogen and oxygen atoms in total. The van der Waals surface area contributed by atoms with E-state index in [9.17, 15) is 12.8 Å². The number of rotatable bonds is 4. The number of halogens is 1. The molecule has 7 heteroatoms. The Morgan fingerprint density at radius 1 is 1.53 bits per heavy atom. The molecule has 0 spiro atoms. The van der Waals surface area contributed by atoms with Crippen molar-refractivity contribution in [3.8, 4) is 0 Å². The molecule has 0 radical (unpaired) electrons. The van der Waals surface area contributed by atoms with Crippen molar-refractivity contribution in [3.63, 3.8) is 0 Å². The smallest absolute Gasteiger partial charge is 0.242 e. The zero-order chi connectivity index (χ0) is 14.1. The minimum Gasteiger partial charge on any atom is -0.395 e. The number of para-hydroxylation sites is 1. The maximum atomic E-state index is 13.3. The molecule has 1 aliphatic rings. The van der Waals surface area contributed by atoms with E-state index in [0.29, 0.717) is 6.54 Å². The highest BCUT2D eigenvalue weighted by atomic mass is 32.2. The number of hydrogen-bond acceptors (Lipinski definition) is 4. The van der Waals surface area contributed by atoms with Crippen LogP contribution in [0, 0.1) is 5.82 Å². The summed E-state index contributed by atoms with van der Waals surface area (Å²) in [6.07, 6.45) is 2.06. The highest BCUT2D eigenvalue weighted by Gasteiger charge is 2.31. The summed E-state index contributed by atoms with van der Waals surface area (Å²) >= 11 is 1.76. The Balaban J connectivity index is 2.16. The Morgan fingerprint density at radius 3 is 2.89 bits per heavy atom. The summed E-state index contributed by atoms with van der Waals surface area (Å²) < 4.78 is 40.0. The van der Waals surface area contributed by atoms with Gasteiger partial charge in [0.15, 0.2) is 0 Å². The normalized spacial score (nSPS) is 23.7. The van der Waals surface area contributed by atoms with Crippen molar-refractivity contribution >= 4 is 27.5 Å². The molecular formula is C12H17FN2O2S2. The second kappa shape index (κ2) is 5.30. The Bertz CT molecular complexity index is 569. The average molecular weight is 304 g/mol. The fourth-order valence-electron chi connectivity index (χ4n) is 2.05. The van der Waals surface area contributed by atoms with Crippen LogP contribution in [0.1, 0.15) is 19.8 Å². The van der Waals surface area contributed by atoms with Crippen molar-refractivity contribution in [2.24, 2.45) is 0 Å². The molecule has 106 valence electrons. The van der Waals surface area contributed by atoms with Crippen molar-refractivity contribution in [2.45, 2.75) is 29.4 Å². The number of nitrogens with one attached hydrogen (secondary N) is 1. The molecule has 1 saturated heterocycles. The largest absolute Gasteiger partial charge is 0.395 e. The topological polar surface area (TPSA) is 72.2 Å². The van der Waals surface area contributed by atoms with Gasteiger partial charge in [-0.3, -0.25) is 0 Å². The molecule has 0 saturated carbocycles. The number of hydrogen-bond donors (Lipinski definition) is 2. The lowest BCUT2D eigenvalue weighted by atomic mass is 10.1. The highest BCUT2D eigenvalue weighted by Crippen LogP contribution is 2.37. The lowest BCUT2D eigenvalue weighted by molar-refractivity contribution is 0.551. The van der Waals surface area contributed by atoms with Crippen LogP contribution < -0.4 is 10.5 Å². The predicted molar refractivity (Wildman–Crippen MR) is 76.1 cm³/mol. The van der Waals surface area contributed by atoms with Crippen LogP contribution in [0.4, 0.5) is 10.1 Å². The van der Waals surface area contributed by atoms with E-state index in [1.54, 1.807) is 11.8 Å². The Morgan fingerprint density at radius 2 is 2.26 bits per heavy atom. The Kier molecular flexibility index (Phi) is 4.08. The van der Waals surface area contributed by atoms with Gasteiger partial charge in [0.25, 0.3) is 0 Å². The van der Waals surface area contributed by atoms with Gasteiger partial charge in [0, 0.05) is 11.3 Å². The van der Waals surface area contributed by atoms with E-state index >= 15 is 0 Å². The summed E-state index contributed by atoms with van der Waals surface area (Å²) in [4.78, 5) is -0.195. The molecule has 0 amide bonds. The van der Waals surface area contributed by atoms with Gasteiger partial charge in [0.05, 0.1) is 5.69 Å². The molecule has 0 aliphatic carbocycles. The number of benzene rings is 1. The molecule has 1 fully saturated rings. The number of thioether (sulfide) groups is 1. The summed E-state index contributed by atoms with van der Waals surface area (Å²) in [6.45, 7) is 2.36. The second-order valence-corrected chi connectivity index (χ2v) is 8.30. The third kappa shape index (κ3) is 3.21. The fourth-order valence-corrected chi connectivity index (χ4v) is 4.70. The first-order valence-corrected chi connectivity index (χ1v) is 8.49. The summed E-state index contributed by atoms with van der Waals surface area (Å²) in [5.41, 5.74) is 5.15. The molecule has 1 aromatic carbocycles. The molecule has 19 heavy (non-hydrogen) atoms. The first kappa shape index (κ1) is 14.6. The van der Waals surface area contributed by atoms with E-state index in [1.807, 2.05) is 6.92 Å². The van der Waals surface area contributed by atoms with Crippen LogP contribution in [-0.4, -0.2) is 25.5 Å². The average Bonchev–Trinajstić information content (AvgIpc) is 2.78. The van der Waals surface area contributed by atoms with E-state index in [0.717, 1.165) is 24.7 Å². The van der Waals surface area contributed by atoms with Gasteiger partial charge in [-0.05, 0) is 37.7 Å². The molecule has 0 bridgehead atoms. The maximum Gasteiger partial charge on any atom is 0.242 e. The minimum absolute atomic E-state index is 0.0881. The number of nitrogen functional groups attached to an aromatic ring is 1. The molecule has 1 heterocycles. The van der Waals surface area contributed by atoms with Crippen LogP contribution in [0.5, 0.6) is 0 Å². The lowest BCUT2D eigenvalue weighted by Crippen LogP contribution is -2.37. The van der Waals surface area contributed by atoms with Crippen LogP contribution in [-0.2, 0) is 10.0 Å². The van der Waals surface area contributed by atoms with Crippen molar-refractivity contribution in [1.29, 1.82) is 0 Å². The van der Waals surface area contributed by atoms with Gasteiger partial charge in [-0.2, -0.15) is 11.8 Å². The summed E-state index contributed by atoms with van der Waals surface area (Å²) in [6, 6.07) is 3.79. The van der Waals surface area contributed by atoms with E-state index in [2.05, 4.69) is 4.72 Å². The van der Waals surface area contributed by atoms with Gasteiger partial charge < -0.3 is 5.73 Å². The standard InChI is InChI=1S/C12H17FN2O2S2/c1-12(6-3-7-18-12)8-15-19(16,17)10-5-2-4-9(13)11(10)14/h2,4-5,15H,3,6-8,14H2,1H3. The van der Waals surface area contributed by atoms with Crippen LogP contribution in [0.15, 0.2) is 23.1 Å². The van der Waals surface area contributed by atoms with Gasteiger partial charge >= 0.3 is 0 Å². The molecule has 3 N–H and O–H groups in total. The molecule has 1 atom stereocenters. The third-order valence-corrected chi connectivity index (χ3v) is 6.24. The minimum atomic E-state index is -3.77. The molecular weight excluding hydrogens is 287 g/mol. The lowest BCUT2D eigenvalue weighted by Gasteiger charge is -2.23. The Labute approximate surface area is 117 Å². The maximum absolute atomic E-state index is 13.3. The quantitative estimate of drug-likeness (QED) is 0.834. The molecule has 1 aliphatic heterocycles. The third-order valence-electron chi connectivity index (χ3n) is 3.24. The first-order valence-electron chi connectivity index (χ1n) is 6.02. The summed E-state index contributed by atoms with van der Waals surface area (Å²) in [5.74, 6) is 0.324. The van der Waals surface area contributed by atoms with Crippen LogP contribution in [0.2, 0.25) is 0 Å². The Hall–Kier alpha value is -0.790. The SMILES string of the molecule is CC1(CNS(=O)(=O)c2cccc(F)c2N)CCCS1. The number of anilines is 1. The molecule has 0 aromatic heterocycles. The van der Waals surface area contributed by atoms with Gasteiger partial charge in [-0.15, -0.1) is 0 Å². The van der Waals surface area contributed by atoms with E-state index in [1.165, 1.54) is 12.1 Å². The van der Waals surface area contributed by atoms with Crippen LogP contribution in [0.3, 0.4) is 0 Å². The summed E-state index contributed by atoms with van der Waals surface area (Å²) in [5, 5.41) is 0. The molecule has 1 aromatic rings. The number of nitrogens with two attached hydrogens (primary N) is 1. The van der Waals surface area contributed by atoms with E-state index < -0.39 is 15.8 Å². The van der Waals surface area contributed by atoms with Gasteiger partial charge in [-0.25, -0.2) is 17.5 Å². The van der Waals surface area contributed by atoms with E-state index in [4.69, 9.17) is 5.73 Å². The van der Waals surface area contributed by atoms with Gasteiger partial charge in [0.1, 0.15) is 10.7 Å². The fraction of sp³-hybridized carbons (Fsp3) is 0.500. The highest BCUT2D eigenvalue weighted by molar-refractivity contribution is 8.01. The van der Waals surface area contributed by atoms with Crippen molar-refractivity contribution in [2.75, 3.05) is 18.0 Å².